The van der Waals surface area contributed by atoms with Crippen LogP contribution in [0.25, 0.3) is 0 Å². The van der Waals surface area contributed by atoms with Crippen LogP contribution in [0.4, 0.5) is 0 Å². The molecule has 0 saturated heterocycles. The van der Waals surface area contributed by atoms with Crippen LogP contribution >= 0.6 is 0 Å². The minimum absolute atomic E-state index is 0.229. The molecule has 0 radical (unpaired) electrons. The molecule has 2 aromatic carbocycles. The SMILES string of the molecule is COc1cc(C[C@H](C)Oc2c(OC)cc(C=O)cc2OC)cc(OC)c1OC. The van der Waals surface area contributed by atoms with E-state index >= 15 is 0 Å². The van der Waals surface area contributed by atoms with Crippen molar-refractivity contribution in [3.8, 4) is 34.5 Å². The molecule has 0 fully saturated rings. The van der Waals surface area contributed by atoms with Gasteiger partial charge in [0.05, 0.1) is 35.5 Å². The van der Waals surface area contributed by atoms with Crippen molar-refractivity contribution >= 4 is 6.29 Å². The maximum atomic E-state index is 11.1. The Kier molecular flexibility index (Phi) is 7.37. The molecule has 1 atom stereocenters. The second-order valence-corrected chi connectivity index (χ2v) is 6.04. The van der Waals surface area contributed by atoms with Gasteiger partial charge in [-0.05, 0) is 36.8 Å². The molecule has 0 aliphatic rings. The van der Waals surface area contributed by atoms with Gasteiger partial charge in [0.1, 0.15) is 12.4 Å². The third kappa shape index (κ3) is 4.60. The zero-order valence-corrected chi connectivity index (χ0v) is 17.0. The second-order valence-electron chi connectivity index (χ2n) is 6.04. The highest BCUT2D eigenvalue weighted by Crippen LogP contribution is 2.41. The van der Waals surface area contributed by atoms with E-state index in [1.54, 1.807) is 33.5 Å². The van der Waals surface area contributed by atoms with Crippen LogP contribution in [0.2, 0.25) is 0 Å². The fraction of sp³-hybridized carbons (Fsp3) is 0.381. The maximum Gasteiger partial charge on any atom is 0.203 e. The first kappa shape index (κ1) is 21.2. The molecule has 7 heteroatoms. The smallest absolute Gasteiger partial charge is 0.203 e. The molecule has 0 aliphatic heterocycles. The summed E-state index contributed by atoms with van der Waals surface area (Å²) in [7, 11) is 7.74. The van der Waals surface area contributed by atoms with Gasteiger partial charge in [-0.3, -0.25) is 4.79 Å². The van der Waals surface area contributed by atoms with E-state index < -0.39 is 0 Å². The van der Waals surface area contributed by atoms with Gasteiger partial charge in [0, 0.05) is 12.0 Å². The number of hydrogen-bond acceptors (Lipinski definition) is 7. The average Bonchev–Trinajstić information content (AvgIpc) is 2.72. The standard InChI is InChI=1S/C21H26O7/c1-13(7-14-8-16(23-2)20(27-6)17(9-14)24-3)28-21-18(25-4)10-15(12-22)11-19(21)26-5/h8-13H,7H2,1-6H3/t13-/m0/s1. The van der Waals surface area contributed by atoms with Crippen LogP contribution in [0.15, 0.2) is 24.3 Å². The minimum Gasteiger partial charge on any atom is -0.493 e. The molecule has 28 heavy (non-hydrogen) atoms. The number of ether oxygens (including phenoxy) is 6. The van der Waals surface area contributed by atoms with Crippen molar-refractivity contribution in [2.75, 3.05) is 35.5 Å². The number of methoxy groups -OCH3 is 5. The van der Waals surface area contributed by atoms with Crippen LogP contribution in [0.1, 0.15) is 22.8 Å². The van der Waals surface area contributed by atoms with E-state index in [9.17, 15) is 4.79 Å². The lowest BCUT2D eigenvalue weighted by molar-refractivity contribution is 0.112. The van der Waals surface area contributed by atoms with Crippen LogP contribution in [0.3, 0.4) is 0 Å². The van der Waals surface area contributed by atoms with Crippen molar-refractivity contribution in [2.24, 2.45) is 0 Å². The van der Waals surface area contributed by atoms with Gasteiger partial charge in [-0.15, -0.1) is 0 Å². The Morgan fingerprint density at radius 1 is 0.750 bits per heavy atom. The van der Waals surface area contributed by atoms with Crippen molar-refractivity contribution in [1.29, 1.82) is 0 Å². The largest absolute Gasteiger partial charge is 0.493 e. The second kappa shape index (κ2) is 9.73. The lowest BCUT2D eigenvalue weighted by atomic mass is 10.1. The third-order valence-corrected chi connectivity index (χ3v) is 4.19. The predicted octanol–water partition coefficient (Wildman–Crippen LogP) is 3.55. The van der Waals surface area contributed by atoms with Crippen molar-refractivity contribution < 1.29 is 33.2 Å². The highest BCUT2D eigenvalue weighted by atomic mass is 16.5. The number of benzene rings is 2. The molecule has 0 spiro atoms. The maximum absolute atomic E-state index is 11.1. The topological polar surface area (TPSA) is 72.5 Å². The molecule has 2 aromatic rings. The summed E-state index contributed by atoms with van der Waals surface area (Å²) in [6, 6.07) is 6.98. The Bertz CT molecular complexity index is 766. The van der Waals surface area contributed by atoms with Crippen molar-refractivity contribution in [2.45, 2.75) is 19.4 Å². The van der Waals surface area contributed by atoms with Crippen LogP contribution in [-0.2, 0) is 6.42 Å². The molecule has 152 valence electrons. The van der Waals surface area contributed by atoms with Crippen LogP contribution in [0.5, 0.6) is 34.5 Å². The van der Waals surface area contributed by atoms with E-state index in [0.717, 1.165) is 11.8 Å². The molecule has 0 aromatic heterocycles. The lowest BCUT2D eigenvalue weighted by Gasteiger charge is -2.20. The highest BCUT2D eigenvalue weighted by Gasteiger charge is 2.19. The number of rotatable bonds is 10. The summed E-state index contributed by atoms with van der Waals surface area (Å²) in [5.41, 5.74) is 1.39. The van der Waals surface area contributed by atoms with E-state index in [4.69, 9.17) is 28.4 Å². The van der Waals surface area contributed by atoms with Gasteiger partial charge in [0.25, 0.3) is 0 Å². The Morgan fingerprint density at radius 3 is 1.61 bits per heavy atom. The van der Waals surface area contributed by atoms with Gasteiger partial charge >= 0.3 is 0 Å². The third-order valence-electron chi connectivity index (χ3n) is 4.19. The Labute approximate surface area is 165 Å². The molecule has 0 heterocycles. The van der Waals surface area contributed by atoms with E-state index in [1.165, 1.54) is 14.2 Å². The first-order chi connectivity index (χ1) is 13.5. The minimum atomic E-state index is -0.229. The molecule has 0 unspecified atom stereocenters. The summed E-state index contributed by atoms with van der Waals surface area (Å²) < 4.78 is 33.0. The molecule has 0 bridgehead atoms. The summed E-state index contributed by atoms with van der Waals surface area (Å²) in [6.07, 6.45) is 1.07. The predicted molar refractivity (Wildman–Crippen MR) is 105 cm³/mol. The fourth-order valence-corrected chi connectivity index (χ4v) is 2.91. The molecule has 0 amide bonds. The monoisotopic (exact) mass is 390 g/mol. The fourth-order valence-electron chi connectivity index (χ4n) is 2.91. The molecular formula is C21H26O7. The molecule has 2 rings (SSSR count). The molecule has 7 nitrogen and oxygen atoms in total. The van der Waals surface area contributed by atoms with Gasteiger partial charge in [0.15, 0.2) is 23.0 Å². The Morgan fingerprint density at radius 2 is 1.21 bits per heavy atom. The van der Waals surface area contributed by atoms with Gasteiger partial charge in [-0.2, -0.15) is 0 Å². The lowest BCUT2D eigenvalue weighted by Crippen LogP contribution is -2.16. The van der Waals surface area contributed by atoms with Crippen molar-refractivity contribution in [3.05, 3.63) is 35.4 Å². The van der Waals surface area contributed by atoms with Crippen molar-refractivity contribution in [3.63, 3.8) is 0 Å². The summed E-state index contributed by atoms with van der Waals surface area (Å²) >= 11 is 0. The first-order valence-electron chi connectivity index (χ1n) is 8.67. The summed E-state index contributed by atoms with van der Waals surface area (Å²) in [5.74, 6) is 2.99. The van der Waals surface area contributed by atoms with Gasteiger partial charge in [-0.1, -0.05) is 0 Å². The van der Waals surface area contributed by atoms with E-state index in [0.29, 0.717) is 46.5 Å². The van der Waals surface area contributed by atoms with E-state index in [-0.39, 0.29) is 6.10 Å². The average molecular weight is 390 g/mol. The number of hydrogen-bond donors (Lipinski definition) is 0. The van der Waals surface area contributed by atoms with Gasteiger partial charge in [0.2, 0.25) is 11.5 Å². The first-order valence-corrected chi connectivity index (χ1v) is 8.67. The van der Waals surface area contributed by atoms with Crippen LogP contribution in [-0.4, -0.2) is 47.9 Å². The zero-order chi connectivity index (χ0) is 20.7. The Hall–Kier alpha value is -3.09. The normalized spacial score (nSPS) is 11.4. The highest BCUT2D eigenvalue weighted by molar-refractivity contribution is 5.78. The summed E-state index contributed by atoms with van der Waals surface area (Å²) in [5, 5.41) is 0. The van der Waals surface area contributed by atoms with Crippen LogP contribution in [0, 0.1) is 0 Å². The van der Waals surface area contributed by atoms with Gasteiger partial charge < -0.3 is 28.4 Å². The molecular weight excluding hydrogens is 364 g/mol. The van der Waals surface area contributed by atoms with Crippen LogP contribution < -0.4 is 28.4 Å². The Balaban J connectivity index is 2.30. The molecule has 0 aliphatic carbocycles. The molecule has 0 saturated carbocycles. The number of carbonyl (C=O) groups is 1. The zero-order valence-electron chi connectivity index (χ0n) is 17.0. The van der Waals surface area contributed by atoms with E-state index in [1.807, 2.05) is 19.1 Å². The van der Waals surface area contributed by atoms with Crippen molar-refractivity contribution in [1.82, 2.24) is 0 Å². The number of carbonyl (C=O) groups excluding carboxylic acids is 1. The van der Waals surface area contributed by atoms with E-state index in [2.05, 4.69) is 0 Å². The molecule has 0 N–H and O–H groups in total. The van der Waals surface area contributed by atoms with Gasteiger partial charge in [-0.25, -0.2) is 0 Å². The quantitative estimate of drug-likeness (QED) is 0.575. The summed E-state index contributed by atoms with van der Waals surface area (Å²) in [4.78, 5) is 11.1. The number of aldehydes is 1. The summed E-state index contributed by atoms with van der Waals surface area (Å²) in [6.45, 7) is 1.93.